The van der Waals surface area contributed by atoms with Crippen LogP contribution in [0.5, 0.6) is 5.75 Å². The van der Waals surface area contributed by atoms with E-state index >= 15 is 0 Å². The minimum atomic E-state index is 0.127. The highest BCUT2D eigenvalue weighted by atomic mass is 16.3. The average molecular weight is 255 g/mol. The lowest BCUT2D eigenvalue weighted by Crippen LogP contribution is -2.21. The molecule has 0 aliphatic carbocycles. The van der Waals surface area contributed by atoms with Gasteiger partial charge in [-0.05, 0) is 50.1 Å². The van der Waals surface area contributed by atoms with Crippen LogP contribution in [0.2, 0.25) is 0 Å². The van der Waals surface area contributed by atoms with Crippen LogP contribution >= 0.6 is 0 Å². The second-order valence-electron chi connectivity index (χ2n) is 5.19. The van der Waals surface area contributed by atoms with E-state index in [4.69, 9.17) is 0 Å². The first-order valence-corrected chi connectivity index (χ1v) is 6.58. The number of para-hydroxylation sites is 1. The summed E-state index contributed by atoms with van der Waals surface area (Å²) >= 11 is 0. The zero-order chi connectivity index (χ0) is 14.0. The molecule has 0 fully saturated rings. The molecule has 19 heavy (non-hydrogen) atoms. The van der Waals surface area contributed by atoms with E-state index in [1.165, 1.54) is 16.8 Å². The maximum Gasteiger partial charge on any atom is 0.120 e. The number of nitrogens with zero attached hydrogens (tertiary/aromatic N) is 1. The topological polar surface area (TPSA) is 23.5 Å². The molecule has 2 heteroatoms. The third kappa shape index (κ3) is 2.90. The Bertz CT molecular complexity index is 557. The molecule has 0 aromatic heterocycles. The molecule has 0 spiro atoms. The Hall–Kier alpha value is -1.96. The molecule has 0 aliphatic rings. The molecule has 0 saturated carbocycles. The first kappa shape index (κ1) is 13.5. The van der Waals surface area contributed by atoms with Crippen molar-refractivity contribution in [3.8, 4) is 5.75 Å². The van der Waals surface area contributed by atoms with Crippen molar-refractivity contribution >= 4 is 5.69 Å². The standard InChI is InChI=1S/C17H21NO/c1-12-9-13(2)11-15(10-12)18(4)14(3)16-7-5-6-8-17(16)19/h5-11,14,19H,1-4H3. The summed E-state index contributed by atoms with van der Waals surface area (Å²) in [6.45, 7) is 6.32. The molecular weight excluding hydrogens is 234 g/mol. The summed E-state index contributed by atoms with van der Waals surface area (Å²) in [4.78, 5) is 2.19. The molecular formula is C17H21NO. The maximum absolute atomic E-state index is 9.96. The van der Waals surface area contributed by atoms with Gasteiger partial charge in [0.1, 0.15) is 5.75 Å². The summed E-state index contributed by atoms with van der Waals surface area (Å²) in [6, 6.07) is 14.2. The Morgan fingerprint density at radius 1 is 1.00 bits per heavy atom. The third-order valence-electron chi connectivity index (χ3n) is 3.58. The zero-order valence-corrected chi connectivity index (χ0v) is 12.0. The van der Waals surface area contributed by atoms with Crippen LogP contribution in [0.15, 0.2) is 42.5 Å². The Balaban J connectivity index is 2.33. The van der Waals surface area contributed by atoms with Crippen molar-refractivity contribution in [3.05, 3.63) is 59.2 Å². The molecule has 100 valence electrons. The number of phenols is 1. The van der Waals surface area contributed by atoms with Crippen molar-refractivity contribution in [2.75, 3.05) is 11.9 Å². The van der Waals surface area contributed by atoms with Crippen molar-refractivity contribution in [1.82, 2.24) is 0 Å². The van der Waals surface area contributed by atoms with Crippen molar-refractivity contribution in [3.63, 3.8) is 0 Å². The lowest BCUT2D eigenvalue weighted by molar-refractivity contribution is 0.462. The molecule has 0 amide bonds. The van der Waals surface area contributed by atoms with E-state index in [1.54, 1.807) is 6.07 Å². The quantitative estimate of drug-likeness (QED) is 0.888. The maximum atomic E-state index is 9.96. The first-order valence-electron chi connectivity index (χ1n) is 6.58. The summed E-state index contributed by atoms with van der Waals surface area (Å²) in [5.41, 5.74) is 4.63. The molecule has 1 N–H and O–H groups in total. The minimum Gasteiger partial charge on any atom is -0.508 e. The summed E-state index contributed by atoms with van der Waals surface area (Å²) in [6.07, 6.45) is 0. The van der Waals surface area contributed by atoms with Gasteiger partial charge in [0.05, 0.1) is 6.04 Å². The van der Waals surface area contributed by atoms with Gasteiger partial charge < -0.3 is 10.0 Å². The number of benzene rings is 2. The summed E-state index contributed by atoms with van der Waals surface area (Å²) in [5.74, 6) is 0.353. The second kappa shape index (κ2) is 5.35. The van der Waals surface area contributed by atoms with E-state index in [2.05, 4.69) is 50.9 Å². The van der Waals surface area contributed by atoms with Crippen molar-refractivity contribution < 1.29 is 5.11 Å². The van der Waals surface area contributed by atoms with Crippen molar-refractivity contribution in [2.45, 2.75) is 26.8 Å². The smallest absolute Gasteiger partial charge is 0.120 e. The van der Waals surface area contributed by atoms with Crippen LogP contribution in [0.4, 0.5) is 5.69 Å². The van der Waals surface area contributed by atoms with Gasteiger partial charge in [0.2, 0.25) is 0 Å². The van der Waals surface area contributed by atoms with Crippen LogP contribution in [0.3, 0.4) is 0 Å². The van der Waals surface area contributed by atoms with Crippen LogP contribution < -0.4 is 4.90 Å². The van der Waals surface area contributed by atoms with Gasteiger partial charge in [0.15, 0.2) is 0 Å². The van der Waals surface area contributed by atoms with Crippen LogP contribution in [0.25, 0.3) is 0 Å². The molecule has 1 atom stereocenters. The largest absolute Gasteiger partial charge is 0.508 e. The van der Waals surface area contributed by atoms with Gasteiger partial charge in [0.25, 0.3) is 0 Å². The van der Waals surface area contributed by atoms with Gasteiger partial charge in [0, 0.05) is 18.3 Å². The predicted molar refractivity (Wildman–Crippen MR) is 80.8 cm³/mol. The summed E-state index contributed by atoms with van der Waals surface area (Å²) in [5, 5.41) is 9.96. The lowest BCUT2D eigenvalue weighted by atomic mass is 10.0. The second-order valence-corrected chi connectivity index (χ2v) is 5.19. The fourth-order valence-electron chi connectivity index (χ4n) is 2.43. The molecule has 2 rings (SSSR count). The highest BCUT2D eigenvalue weighted by Gasteiger charge is 2.15. The molecule has 2 aromatic carbocycles. The number of hydrogen-bond acceptors (Lipinski definition) is 2. The van der Waals surface area contributed by atoms with Crippen molar-refractivity contribution in [1.29, 1.82) is 0 Å². The van der Waals surface area contributed by atoms with Gasteiger partial charge in [-0.25, -0.2) is 0 Å². The molecule has 2 nitrogen and oxygen atoms in total. The monoisotopic (exact) mass is 255 g/mol. The van der Waals surface area contributed by atoms with E-state index in [-0.39, 0.29) is 6.04 Å². The van der Waals surface area contributed by atoms with Gasteiger partial charge in [-0.2, -0.15) is 0 Å². The van der Waals surface area contributed by atoms with E-state index < -0.39 is 0 Å². The Morgan fingerprint density at radius 3 is 2.16 bits per heavy atom. The highest BCUT2D eigenvalue weighted by molar-refractivity contribution is 5.53. The molecule has 0 radical (unpaired) electrons. The predicted octanol–water partition coefficient (Wildman–Crippen LogP) is 4.21. The highest BCUT2D eigenvalue weighted by Crippen LogP contribution is 2.31. The SMILES string of the molecule is Cc1cc(C)cc(N(C)C(C)c2ccccc2O)c1. The van der Waals surface area contributed by atoms with Crippen LogP contribution in [-0.4, -0.2) is 12.2 Å². The van der Waals surface area contributed by atoms with E-state index in [0.717, 1.165) is 5.56 Å². The number of aromatic hydroxyl groups is 1. The molecule has 0 bridgehead atoms. The number of phenolic OH excluding ortho intramolecular Hbond substituents is 1. The van der Waals surface area contributed by atoms with E-state index in [9.17, 15) is 5.11 Å². The molecule has 2 aromatic rings. The van der Waals surface area contributed by atoms with Gasteiger partial charge in [-0.1, -0.05) is 24.3 Å². The van der Waals surface area contributed by atoms with Crippen molar-refractivity contribution in [2.24, 2.45) is 0 Å². The number of rotatable bonds is 3. The first-order chi connectivity index (χ1) is 8.99. The van der Waals surface area contributed by atoms with Crippen LogP contribution in [0, 0.1) is 13.8 Å². The average Bonchev–Trinajstić information content (AvgIpc) is 2.36. The van der Waals surface area contributed by atoms with Gasteiger partial charge >= 0.3 is 0 Å². The van der Waals surface area contributed by atoms with Gasteiger partial charge in [-0.15, -0.1) is 0 Å². The zero-order valence-electron chi connectivity index (χ0n) is 12.0. The number of anilines is 1. The molecule has 0 saturated heterocycles. The molecule has 0 heterocycles. The Kier molecular flexibility index (Phi) is 3.79. The van der Waals surface area contributed by atoms with Crippen LogP contribution in [0.1, 0.15) is 29.7 Å². The van der Waals surface area contributed by atoms with E-state index in [1.807, 2.05) is 18.2 Å². The lowest BCUT2D eigenvalue weighted by Gasteiger charge is -2.28. The molecule has 1 unspecified atom stereocenters. The summed E-state index contributed by atoms with van der Waals surface area (Å²) in [7, 11) is 2.06. The Labute approximate surface area is 115 Å². The third-order valence-corrected chi connectivity index (χ3v) is 3.58. The van der Waals surface area contributed by atoms with Gasteiger partial charge in [-0.3, -0.25) is 0 Å². The molecule has 0 aliphatic heterocycles. The fraction of sp³-hybridized carbons (Fsp3) is 0.294. The Morgan fingerprint density at radius 2 is 1.58 bits per heavy atom. The normalized spacial score (nSPS) is 12.2. The van der Waals surface area contributed by atoms with E-state index in [0.29, 0.717) is 5.75 Å². The minimum absolute atomic E-state index is 0.127. The summed E-state index contributed by atoms with van der Waals surface area (Å²) < 4.78 is 0. The number of aryl methyl sites for hydroxylation is 2. The van der Waals surface area contributed by atoms with Crippen LogP contribution in [-0.2, 0) is 0 Å². The fourth-order valence-corrected chi connectivity index (χ4v) is 2.43. The number of hydrogen-bond donors (Lipinski definition) is 1.